The summed E-state index contributed by atoms with van der Waals surface area (Å²) in [5, 5.41) is 10.7. The van der Waals surface area contributed by atoms with E-state index in [1.807, 2.05) is 6.07 Å². The summed E-state index contributed by atoms with van der Waals surface area (Å²) in [6.07, 6.45) is 3.42. The molecule has 0 unspecified atom stereocenters. The second-order valence-electron chi connectivity index (χ2n) is 4.38. The van der Waals surface area contributed by atoms with Gasteiger partial charge in [-0.1, -0.05) is 35.9 Å². The quantitative estimate of drug-likeness (QED) is 0.651. The predicted octanol–water partition coefficient (Wildman–Crippen LogP) is 2.11. The van der Waals surface area contributed by atoms with E-state index in [9.17, 15) is 0 Å². The summed E-state index contributed by atoms with van der Waals surface area (Å²) < 4.78 is 1.77. The summed E-state index contributed by atoms with van der Waals surface area (Å²) in [7, 11) is 0. The molecule has 0 aliphatic heterocycles. The zero-order chi connectivity index (χ0) is 14.4. The molecular formula is C14H17N5S. The van der Waals surface area contributed by atoms with Crippen molar-refractivity contribution in [3.8, 4) is 0 Å². The van der Waals surface area contributed by atoms with Gasteiger partial charge in [-0.2, -0.15) is 0 Å². The molecule has 2 aromatic rings. The number of hydrogen-bond acceptors (Lipinski definition) is 3. The highest BCUT2D eigenvalue weighted by Gasteiger charge is 2.03. The summed E-state index contributed by atoms with van der Waals surface area (Å²) in [5.41, 5.74) is 2.42. The molecule has 0 spiro atoms. The third kappa shape index (κ3) is 4.17. The Morgan fingerprint density at radius 2 is 2.35 bits per heavy atom. The number of nitrogens with one attached hydrogen (secondary N) is 2. The van der Waals surface area contributed by atoms with E-state index in [0.29, 0.717) is 24.2 Å². The first kappa shape index (κ1) is 14.2. The fourth-order valence-corrected chi connectivity index (χ4v) is 1.91. The van der Waals surface area contributed by atoms with Crippen LogP contribution in [0.2, 0.25) is 0 Å². The van der Waals surface area contributed by atoms with Gasteiger partial charge < -0.3 is 5.32 Å². The van der Waals surface area contributed by atoms with E-state index >= 15 is 0 Å². The number of thiocarbonyl (C=S) groups is 1. The highest BCUT2D eigenvalue weighted by atomic mass is 32.1. The Balaban J connectivity index is 1.95. The minimum absolute atomic E-state index is 0.484. The third-order valence-corrected chi connectivity index (χ3v) is 2.84. The number of aryl methyl sites for hydroxylation is 1. The molecule has 1 heterocycles. The van der Waals surface area contributed by atoms with Gasteiger partial charge in [0.05, 0.1) is 6.54 Å². The van der Waals surface area contributed by atoms with Crippen molar-refractivity contribution in [2.24, 2.45) is 0 Å². The van der Waals surface area contributed by atoms with Crippen LogP contribution in [0.15, 0.2) is 43.2 Å². The van der Waals surface area contributed by atoms with Crippen LogP contribution < -0.4 is 10.6 Å². The second kappa shape index (κ2) is 6.81. The topological polar surface area (TPSA) is 54.8 Å². The number of hydrogen-bond donors (Lipinski definition) is 2. The molecule has 0 fully saturated rings. The molecule has 0 bridgehead atoms. The van der Waals surface area contributed by atoms with Gasteiger partial charge in [-0.05, 0) is 24.7 Å². The van der Waals surface area contributed by atoms with Gasteiger partial charge in [0.1, 0.15) is 6.33 Å². The lowest BCUT2D eigenvalue weighted by Gasteiger charge is -2.05. The first-order valence-electron chi connectivity index (χ1n) is 6.28. The monoisotopic (exact) mass is 287 g/mol. The fourth-order valence-electron chi connectivity index (χ4n) is 1.74. The molecule has 0 radical (unpaired) electrons. The minimum Gasteiger partial charge on any atom is -0.359 e. The van der Waals surface area contributed by atoms with E-state index in [-0.39, 0.29) is 0 Å². The van der Waals surface area contributed by atoms with Crippen LogP contribution in [0.25, 0.3) is 0 Å². The van der Waals surface area contributed by atoms with E-state index in [4.69, 9.17) is 12.2 Å². The molecule has 0 saturated carbocycles. The maximum absolute atomic E-state index is 5.10. The van der Waals surface area contributed by atoms with Gasteiger partial charge in [0.15, 0.2) is 5.11 Å². The van der Waals surface area contributed by atoms with Crippen molar-refractivity contribution in [2.75, 3.05) is 11.9 Å². The normalized spacial score (nSPS) is 10.1. The van der Waals surface area contributed by atoms with Crippen molar-refractivity contribution in [3.63, 3.8) is 0 Å². The lowest BCUT2D eigenvalue weighted by atomic mass is 10.1. The van der Waals surface area contributed by atoms with Crippen LogP contribution in [0.3, 0.4) is 0 Å². The number of aromatic nitrogens is 3. The molecule has 0 aliphatic carbocycles. The Morgan fingerprint density at radius 3 is 3.10 bits per heavy atom. The van der Waals surface area contributed by atoms with Crippen molar-refractivity contribution in [3.05, 3.63) is 54.4 Å². The van der Waals surface area contributed by atoms with Crippen LogP contribution in [0.5, 0.6) is 0 Å². The maximum atomic E-state index is 5.10. The highest BCUT2D eigenvalue weighted by molar-refractivity contribution is 7.80. The number of rotatable bonds is 5. The van der Waals surface area contributed by atoms with E-state index in [1.165, 1.54) is 11.1 Å². The van der Waals surface area contributed by atoms with Crippen molar-refractivity contribution >= 4 is 23.3 Å². The Morgan fingerprint density at radius 1 is 1.50 bits per heavy atom. The highest BCUT2D eigenvalue weighted by Crippen LogP contribution is 2.06. The first-order valence-corrected chi connectivity index (χ1v) is 6.69. The zero-order valence-electron chi connectivity index (χ0n) is 11.3. The molecule has 1 aromatic carbocycles. The van der Waals surface area contributed by atoms with E-state index in [2.05, 4.69) is 52.4 Å². The molecule has 0 saturated heterocycles. The number of anilines is 1. The average Bonchev–Trinajstić information content (AvgIpc) is 2.83. The maximum Gasteiger partial charge on any atom is 0.248 e. The molecule has 0 atom stereocenters. The lowest BCUT2D eigenvalue weighted by Crippen LogP contribution is -2.28. The van der Waals surface area contributed by atoms with Gasteiger partial charge >= 0.3 is 0 Å². The van der Waals surface area contributed by atoms with Gasteiger partial charge in [-0.25, -0.2) is 9.67 Å². The van der Waals surface area contributed by atoms with Gasteiger partial charge in [-0.15, -0.1) is 11.7 Å². The molecule has 0 aliphatic rings. The SMILES string of the molecule is C=CCNC(=S)Nc1ncn(Cc2cccc(C)c2)n1. The largest absolute Gasteiger partial charge is 0.359 e. The van der Waals surface area contributed by atoms with E-state index in [0.717, 1.165) is 0 Å². The predicted molar refractivity (Wildman–Crippen MR) is 84.7 cm³/mol. The van der Waals surface area contributed by atoms with E-state index in [1.54, 1.807) is 17.1 Å². The Kier molecular flexibility index (Phi) is 4.84. The summed E-state index contributed by atoms with van der Waals surface area (Å²) in [4.78, 5) is 4.17. The first-order chi connectivity index (χ1) is 9.67. The lowest BCUT2D eigenvalue weighted by molar-refractivity contribution is 0.687. The summed E-state index contributed by atoms with van der Waals surface area (Å²) in [6, 6.07) is 8.31. The summed E-state index contributed by atoms with van der Waals surface area (Å²) in [6.45, 7) is 6.97. The van der Waals surface area contributed by atoms with Crippen LogP contribution in [-0.4, -0.2) is 26.4 Å². The average molecular weight is 287 g/mol. The summed E-state index contributed by atoms with van der Waals surface area (Å²) in [5.74, 6) is 0.485. The van der Waals surface area contributed by atoms with Crippen LogP contribution in [0.1, 0.15) is 11.1 Å². The Bertz CT molecular complexity index is 605. The third-order valence-electron chi connectivity index (χ3n) is 2.60. The molecule has 6 heteroatoms. The molecule has 2 N–H and O–H groups in total. The summed E-state index contributed by atoms with van der Waals surface area (Å²) >= 11 is 5.10. The molecule has 0 amide bonds. The van der Waals surface area contributed by atoms with Gasteiger partial charge in [0.25, 0.3) is 0 Å². The van der Waals surface area contributed by atoms with Crippen LogP contribution in [0.4, 0.5) is 5.95 Å². The molecule has 20 heavy (non-hydrogen) atoms. The second-order valence-corrected chi connectivity index (χ2v) is 4.79. The van der Waals surface area contributed by atoms with Gasteiger partial charge in [-0.3, -0.25) is 5.32 Å². The van der Waals surface area contributed by atoms with Gasteiger partial charge in [0.2, 0.25) is 5.95 Å². The van der Waals surface area contributed by atoms with Crippen molar-refractivity contribution in [2.45, 2.75) is 13.5 Å². The smallest absolute Gasteiger partial charge is 0.248 e. The number of benzene rings is 1. The van der Waals surface area contributed by atoms with Gasteiger partial charge in [0, 0.05) is 6.54 Å². The molecule has 104 valence electrons. The standard InChI is InChI=1S/C14H17N5S/c1-3-7-15-14(20)17-13-16-10-19(18-13)9-12-6-4-5-11(2)8-12/h3-6,8,10H,1,7,9H2,2H3,(H2,15,17,18,20). The van der Waals surface area contributed by atoms with Crippen LogP contribution in [0, 0.1) is 6.92 Å². The van der Waals surface area contributed by atoms with Crippen molar-refractivity contribution in [1.29, 1.82) is 0 Å². The van der Waals surface area contributed by atoms with Crippen LogP contribution in [-0.2, 0) is 6.54 Å². The van der Waals surface area contributed by atoms with Crippen molar-refractivity contribution in [1.82, 2.24) is 20.1 Å². The fraction of sp³-hybridized carbons (Fsp3) is 0.214. The van der Waals surface area contributed by atoms with Crippen molar-refractivity contribution < 1.29 is 0 Å². The zero-order valence-corrected chi connectivity index (χ0v) is 12.2. The van der Waals surface area contributed by atoms with E-state index < -0.39 is 0 Å². The molecule has 1 aromatic heterocycles. The Labute approximate surface area is 123 Å². The molecular weight excluding hydrogens is 270 g/mol. The van der Waals surface area contributed by atoms with Crippen LogP contribution >= 0.6 is 12.2 Å². The minimum atomic E-state index is 0.484. The Hall–Kier alpha value is -2.21. The molecule has 2 rings (SSSR count). The number of nitrogens with zero attached hydrogens (tertiary/aromatic N) is 3. The molecule has 5 nitrogen and oxygen atoms in total.